The van der Waals surface area contributed by atoms with E-state index in [0.29, 0.717) is 22.6 Å². The summed E-state index contributed by atoms with van der Waals surface area (Å²) < 4.78 is 11.4. The Labute approximate surface area is 222 Å². The van der Waals surface area contributed by atoms with E-state index in [1.807, 2.05) is 30.3 Å². The number of nitrogens with zero attached hydrogens (tertiary/aromatic N) is 3. The minimum Gasteiger partial charge on any atom is -0.465 e. The highest BCUT2D eigenvalue weighted by atomic mass is 16.5. The van der Waals surface area contributed by atoms with E-state index in [-0.39, 0.29) is 16.7 Å². The van der Waals surface area contributed by atoms with E-state index >= 15 is 0 Å². The van der Waals surface area contributed by atoms with Crippen LogP contribution in [0, 0.1) is 25.2 Å². The molecular formula is C30H31N3O5. The van der Waals surface area contributed by atoms with Crippen LogP contribution in [0.4, 0.5) is 5.69 Å². The van der Waals surface area contributed by atoms with Crippen molar-refractivity contribution in [1.82, 2.24) is 4.57 Å². The Kier molecular flexibility index (Phi) is 8.87. The molecule has 0 aliphatic carbocycles. The Morgan fingerprint density at radius 3 is 1.95 bits per heavy atom. The first-order chi connectivity index (χ1) is 18.2. The monoisotopic (exact) mass is 513 g/mol. The number of anilines is 1. The van der Waals surface area contributed by atoms with Crippen LogP contribution in [0.25, 0.3) is 11.8 Å². The Hall–Kier alpha value is -4.64. The van der Waals surface area contributed by atoms with Gasteiger partial charge in [0.05, 0.1) is 25.3 Å². The van der Waals surface area contributed by atoms with Crippen LogP contribution in [0.15, 0.2) is 54.1 Å². The number of methoxy groups -OCH3 is 2. The highest BCUT2D eigenvalue weighted by molar-refractivity contribution is 6.15. The fourth-order valence-corrected chi connectivity index (χ4v) is 4.43. The molecule has 0 saturated heterocycles. The topological polar surface area (TPSA) is 102 Å². The summed E-state index contributed by atoms with van der Waals surface area (Å²) in [6.07, 6.45) is 1.58. The van der Waals surface area contributed by atoms with Crippen molar-refractivity contribution >= 4 is 29.5 Å². The van der Waals surface area contributed by atoms with E-state index in [0.717, 1.165) is 24.3 Å². The van der Waals surface area contributed by atoms with Crippen molar-refractivity contribution in [3.8, 4) is 11.8 Å². The van der Waals surface area contributed by atoms with Crippen LogP contribution in [-0.4, -0.2) is 49.6 Å². The zero-order chi connectivity index (χ0) is 28.0. The van der Waals surface area contributed by atoms with E-state index in [2.05, 4.69) is 18.7 Å². The summed E-state index contributed by atoms with van der Waals surface area (Å²) in [6.45, 7) is 9.48. The van der Waals surface area contributed by atoms with Crippen molar-refractivity contribution in [2.45, 2.75) is 27.7 Å². The molecule has 0 unspecified atom stereocenters. The molecule has 0 spiro atoms. The summed E-state index contributed by atoms with van der Waals surface area (Å²) in [4.78, 5) is 40.2. The van der Waals surface area contributed by atoms with Gasteiger partial charge in [-0.3, -0.25) is 4.79 Å². The average Bonchev–Trinajstić information content (AvgIpc) is 3.24. The molecule has 3 aromatic rings. The second-order valence-corrected chi connectivity index (χ2v) is 8.63. The SMILES string of the molecule is CCN(CC)c1ccc(C=C(C#N)C(=O)c2cc(C)n(-c3cc(C(=O)OC)cc(C(=O)OC)c3)c2C)cc1. The number of carbonyl (C=O) groups excluding carboxylic acids is 3. The number of aryl methyl sites for hydroxylation is 1. The van der Waals surface area contributed by atoms with Gasteiger partial charge in [0, 0.05) is 41.4 Å². The minimum atomic E-state index is -0.613. The number of nitriles is 1. The average molecular weight is 514 g/mol. The lowest BCUT2D eigenvalue weighted by molar-refractivity contribution is 0.0599. The van der Waals surface area contributed by atoms with Gasteiger partial charge in [0.15, 0.2) is 0 Å². The Morgan fingerprint density at radius 1 is 0.921 bits per heavy atom. The van der Waals surface area contributed by atoms with Gasteiger partial charge in [0.2, 0.25) is 5.78 Å². The van der Waals surface area contributed by atoms with Crippen LogP contribution in [0.2, 0.25) is 0 Å². The fraction of sp³-hybridized carbons (Fsp3) is 0.267. The van der Waals surface area contributed by atoms with Crippen molar-refractivity contribution in [3.63, 3.8) is 0 Å². The van der Waals surface area contributed by atoms with Gasteiger partial charge in [-0.2, -0.15) is 5.26 Å². The molecule has 0 aliphatic heterocycles. The molecule has 1 aromatic heterocycles. The molecule has 1 heterocycles. The Morgan fingerprint density at radius 2 is 1.47 bits per heavy atom. The maximum Gasteiger partial charge on any atom is 0.337 e. The summed E-state index contributed by atoms with van der Waals surface area (Å²) in [5, 5.41) is 9.81. The molecule has 2 aromatic carbocycles. The molecule has 0 radical (unpaired) electrons. The standard InChI is InChI=1S/C30H31N3O5/c1-7-32(8-2)25-11-9-21(10-12-25)14-24(18-31)28(34)27-13-19(3)33(20(27)4)26-16-22(29(35)37-5)15-23(17-26)30(36)38-6/h9-17H,7-8H2,1-6H3. The van der Waals surface area contributed by atoms with Crippen LogP contribution >= 0.6 is 0 Å². The van der Waals surface area contributed by atoms with Gasteiger partial charge < -0.3 is 18.9 Å². The van der Waals surface area contributed by atoms with Gasteiger partial charge in [0.1, 0.15) is 11.6 Å². The zero-order valence-electron chi connectivity index (χ0n) is 22.5. The van der Waals surface area contributed by atoms with Gasteiger partial charge in [0.25, 0.3) is 0 Å². The first-order valence-electron chi connectivity index (χ1n) is 12.2. The predicted molar refractivity (Wildman–Crippen MR) is 146 cm³/mol. The van der Waals surface area contributed by atoms with Crippen molar-refractivity contribution in [2.75, 3.05) is 32.2 Å². The number of rotatable bonds is 9. The lowest BCUT2D eigenvalue weighted by Crippen LogP contribution is -2.21. The number of hydrogen-bond acceptors (Lipinski definition) is 7. The molecule has 196 valence electrons. The number of esters is 2. The number of ketones is 1. The van der Waals surface area contributed by atoms with Gasteiger partial charge in [-0.1, -0.05) is 12.1 Å². The second kappa shape index (κ2) is 12.1. The summed E-state index contributed by atoms with van der Waals surface area (Å²) >= 11 is 0. The molecule has 38 heavy (non-hydrogen) atoms. The van der Waals surface area contributed by atoms with Crippen LogP contribution < -0.4 is 4.90 Å². The number of allylic oxidation sites excluding steroid dienone is 1. The van der Waals surface area contributed by atoms with Crippen molar-refractivity contribution in [1.29, 1.82) is 5.26 Å². The summed E-state index contributed by atoms with van der Waals surface area (Å²) in [5.41, 5.74) is 4.21. The molecule has 0 atom stereocenters. The van der Waals surface area contributed by atoms with Gasteiger partial charge in [-0.15, -0.1) is 0 Å². The van der Waals surface area contributed by atoms with Crippen LogP contribution in [-0.2, 0) is 9.47 Å². The van der Waals surface area contributed by atoms with Gasteiger partial charge in [-0.05, 0) is 75.7 Å². The van der Waals surface area contributed by atoms with Crippen molar-refractivity contribution in [2.24, 2.45) is 0 Å². The lowest BCUT2D eigenvalue weighted by atomic mass is 10.0. The van der Waals surface area contributed by atoms with E-state index in [4.69, 9.17) is 9.47 Å². The van der Waals surface area contributed by atoms with E-state index in [9.17, 15) is 19.6 Å². The smallest absolute Gasteiger partial charge is 0.337 e. The third-order valence-electron chi connectivity index (χ3n) is 6.39. The maximum atomic E-state index is 13.4. The highest BCUT2D eigenvalue weighted by Gasteiger charge is 2.22. The van der Waals surface area contributed by atoms with Crippen LogP contribution in [0.5, 0.6) is 0 Å². The second-order valence-electron chi connectivity index (χ2n) is 8.63. The van der Waals surface area contributed by atoms with Gasteiger partial charge >= 0.3 is 11.9 Å². The van der Waals surface area contributed by atoms with E-state index < -0.39 is 17.7 Å². The number of carbonyl (C=O) groups is 3. The number of Topliss-reactive ketones (excluding diaryl/α,β-unsaturated/α-hetero) is 1. The normalized spacial score (nSPS) is 11.0. The third-order valence-corrected chi connectivity index (χ3v) is 6.39. The van der Waals surface area contributed by atoms with E-state index in [1.54, 1.807) is 42.7 Å². The lowest BCUT2D eigenvalue weighted by Gasteiger charge is -2.20. The largest absolute Gasteiger partial charge is 0.465 e. The number of benzene rings is 2. The summed E-state index contributed by atoms with van der Waals surface area (Å²) in [6, 6.07) is 16.0. The van der Waals surface area contributed by atoms with Crippen molar-refractivity contribution in [3.05, 3.63) is 87.7 Å². The molecule has 0 fully saturated rings. The first kappa shape index (κ1) is 27.9. The molecular weight excluding hydrogens is 482 g/mol. The first-order valence-corrected chi connectivity index (χ1v) is 12.2. The third kappa shape index (κ3) is 5.68. The molecule has 8 nitrogen and oxygen atoms in total. The molecule has 0 amide bonds. The van der Waals surface area contributed by atoms with Gasteiger partial charge in [-0.25, -0.2) is 9.59 Å². The van der Waals surface area contributed by atoms with Crippen LogP contribution in [0.1, 0.15) is 61.9 Å². The minimum absolute atomic E-state index is 0.000555. The number of hydrogen-bond donors (Lipinski definition) is 0. The molecule has 0 N–H and O–H groups in total. The quantitative estimate of drug-likeness (QED) is 0.166. The van der Waals surface area contributed by atoms with E-state index in [1.165, 1.54) is 20.3 Å². The molecule has 0 aliphatic rings. The summed E-state index contributed by atoms with van der Waals surface area (Å²) in [7, 11) is 2.51. The van der Waals surface area contributed by atoms with Crippen molar-refractivity contribution < 1.29 is 23.9 Å². The fourth-order valence-electron chi connectivity index (χ4n) is 4.43. The number of aromatic nitrogens is 1. The maximum absolute atomic E-state index is 13.4. The molecule has 0 bridgehead atoms. The highest BCUT2D eigenvalue weighted by Crippen LogP contribution is 2.26. The molecule has 0 saturated carbocycles. The summed E-state index contributed by atoms with van der Waals surface area (Å²) in [5.74, 6) is -1.65. The zero-order valence-corrected chi connectivity index (χ0v) is 22.5. The molecule has 3 rings (SSSR count). The Balaban J connectivity index is 2.04. The van der Waals surface area contributed by atoms with Crippen LogP contribution in [0.3, 0.4) is 0 Å². The predicted octanol–water partition coefficient (Wildman–Crippen LogP) is 5.30. The number of ether oxygens (including phenoxy) is 2. The molecule has 8 heteroatoms. The Bertz CT molecular complexity index is 1400.